The van der Waals surface area contributed by atoms with Gasteiger partial charge in [-0.05, 0) is 67.1 Å². The minimum absolute atomic E-state index is 0.0460. The van der Waals surface area contributed by atoms with Crippen LogP contribution in [0, 0.1) is 0 Å². The molecule has 1 N–H and O–H groups in total. The van der Waals surface area contributed by atoms with Gasteiger partial charge in [0.2, 0.25) is 0 Å². The van der Waals surface area contributed by atoms with E-state index in [1.807, 2.05) is 60.7 Å². The third-order valence-corrected chi connectivity index (χ3v) is 5.69. The average Bonchev–Trinajstić information content (AvgIpc) is 2.84. The lowest BCUT2D eigenvalue weighted by atomic mass is 10.0. The fraction of sp³-hybridized carbons (Fsp3) is 0.346. The molecule has 32 heavy (non-hydrogen) atoms. The van der Waals surface area contributed by atoms with Crippen LogP contribution in [0.1, 0.15) is 44.6 Å². The first-order valence-electron chi connectivity index (χ1n) is 11.3. The Labute approximate surface area is 189 Å². The average molecular weight is 431 g/mol. The summed E-state index contributed by atoms with van der Waals surface area (Å²) < 4.78 is 5.62. The Morgan fingerprint density at radius 3 is 2.47 bits per heavy atom. The van der Waals surface area contributed by atoms with Gasteiger partial charge < -0.3 is 15.0 Å². The number of hydrogen-bond acceptors (Lipinski definition) is 5. The van der Waals surface area contributed by atoms with Gasteiger partial charge in [0.25, 0.3) is 5.91 Å². The molecule has 2 heterocycles. The number of amides is 1. The van der Waals surface area contributed by atoms with Gasteiger partial charge in [-0.15, -0.1) is 10.2 Å². The van der Waals surface area contributed by atoms with Gasteiger partial charge in [-0.2, -0.15) is 0 Å². The van der Waals surface area contributed by atoms with Crippen molar-refractivity contribution in [2.45, 2.75) is 39.0 Å². The molecule has 1 aromatic heterocycles. The molecule has 1 amide bonds. The van der Waals surface area contributed by atoms with E-state index in [2.05, 4.69) is 34.3 Å². The maximum absolute atomic E-state index is 12.4. The molecule has 0 aliphatic carbocycles. The third-order valence-electron chi connectivity index (χ3n) is 5.69. The number of nitrogens with zero attached hydrogens (tertiary/aromatic N) is 3. The largest absolute Gasteiger partial charge is 0.484 e. The van der Waals surface area contributed by atoms with E-state index in [-0.39, 0.29) is 12.5 Å². The Hall–Kier alpha value is -3.41. The highest BCUT2D eigenvalue weighted by Gasteiger charge is 2.13. The predicted octanol–water partition coefficient (Wildman–Crippen LogP) is 5.27. The van der Waals surface area contributed by atoms with Crippen LogP contribution in [0.5, 0.6) is 5.75 Å². The quantitative estimate of drug-likeness (QED) is 0.553. The fourth-order valence-electron chi connectivity index (χ4n) is 3.82. The molecule has 6 heteroatoms. The maximum atomic E-state index is 12.4. The predicted molar refractivity (Wildman–Crippen MR) is 128 cm³/mol. The van der Waals surface area contributed by atoms with E-state index in [0.29, 0.717) is 17.4 Å². The highest BCUT2D eigenvalue weighted by Crippen LogP contribution is 2.23. The normalized spacial score (nSPS) is 13.8. The molecule has 0 atom stereocenters. The summed E-state index contributed by atoms with van der Waals surface area (Å²) in [7, 11) is 0. The molecule has 3 aromatic rings. The first kappa shape index (κ1) is 21.8. The summed E-state index contributed by atoms with van der Waals surface area (Å²) in [6, 6.07) is 19.5. The number of carbonyl (C=O) groups is 1. The van der Waals surface area contributed by atoms with Crippen molar-refractivity contribution in [3.63, 3.8) is 0 Å². The van der Waals surface area contributed by atoms with Crippen LogP contribution < -0.4 is 15.0 Å². The van der Waals surface area contributed by atoms with Crippen LogP contribution in [0.25, 0.3) is 11.3 Å². The molecule has 0 unspecified atom stereocenters. The summed E-state index contributed by atoms with van der Waals surface area (Å²) in [5, 5.41) is 11.7. The minimum atomic E-state index is -0.207. The second kappa shape index (κ2) is 10.3. The molecule has 1 fully saturated rings. The van der Waals surface area contributed by atoms with E-state index >= 15 is 0 Å². The maximum Gasteiger partial charge on any atom is 0.262 e. The van der Waals surface area contributed by atoms with Gasteiger partial charge in [0, 0.05) is 24.3 Å². The number of ether oxygens (including phenoxy) is 1. The number of anilines is 2. The Morgan fingerprint density at radius 1 is 1.00 bits per heavy atom. The standard InChI is InChI=1S/C26H30N4O2/c1-19(2)20-9-11-23(12-10-20)32-18-26(31)27-22-8-6-7-21(17-22)24-13-14-25(29-28-24)30-15-4-3-5-16-30/h6-14,17,19H,3-5,15-16,18H2,1-2H3,(H,27,31). The molecule has 1 aliphatic heterocycles. The Bertz CT molecular complexity index is 1030. The van der Waals surface area contributed by atoms with Crippen LogP contribution in [0.15, 0.2) is 60.7 Å². The lowest BCUT2D eigenvalue weighted by Crippen LogP contribution is -2.30. The zero-order valence-electron chi connectivity index (χ0n) is 18.8. The van der Waals surface area contributed by atoms with E-state index in [0.717, 1.165) is 30.2 Å². The Morgan fingerprint density at radius 2 is 1.78 bits per heavy atom. The van der Waals surface area contributed by atoms with Crippen molar-refractivity contribution in [2.75, 3.05) is 29.9 Å². The van der Waals surface area contributed by atoms with Gasteiger partial charge in [-0.3, -0.25) is 4.79 Å². The van der Waals surface area contributed by atoms with Crippen molar-refractivity contribution in [1.29, 1.82) is 0 Å². The summed E-state index contributed by atoms with van der Waals surface area (Å²) in [6.45, 7) is 6.33. The molecule has 1 saturated heterocycles. The van der Waals surface area contributed by atoms with Crippen LogP contribution in [-0.4, -0.2) is 35.8 Å². The molecule has 0 spiro atoms. The molecule has 2 aromatic carbocycles. The van der Waals surface area contributed by atoms with Crippen molar-refractivity contribution in [3.05, 3.63) is 66.2 Å². The van der Waals surface area contributed by atoms with E-state index in [9.17, 15) is 4.79 Å². The summed E-state index contributed by atoms with van der Waals surface area (Å²) in [6.07, 6.45) is 3.70. The van der Waals surface area contributed by atoms with E-state index < -0.39 is 0 Å². The molecular formula is C26H30N4O2. The highest BCUT2D eigenvalue weighted by molar-refractivity contribution is 5.92. The van der Waals surface area contributed by atoms with Crippen LogP contribution in [0.2, 0.25) is 0 Å². The van der Waals surface area contributed by atoms with Crippen LogP contribution in [0.3, 0.4) is 0 Å². The summed E-state index contributed by atoms with van der Waals surface area (Å²) in [5.41, 5.74) is 3.63. The van der Waals surface area contributed by atoms with Crippen molar-refractivity contribution in [3.8, 4) is 17.0 Å². The molecule has 166 valence electrons. The molecule has 4 rings (SSSR count). The topological polar surface area (TPSA) is 67.3 Å². The van der Waals surface area contributed by atoms with Crippen molar-refractivity contribution >= 4 is 17.4 Å². The van der Waals surface area contributed by atoms with Gasteiger partial charge in [-0.1, -0.05) is 38.1 Å². The van der Waals surface area contributed by atoms with Gasteiger partial charge in [0.05, 0.1) is 5.69 Å². The molecule has 6 nitrogen and oxygen atoms in total. The summed E-state index contributed by atoms with van der Waals surface area (Å²) in [5.74, 6) is 1.87. The lowest BCUT2D eigenvalue weighted by molar-refractivity contribution is -0.118. The van der Waals surface area contributed by atoms with Gasteiger partial charge in [-0.25, -0.2) is 0 Å². The SMILES string of the molecule is CC(C)c1ccc(OCC(=O)Nc2cccc(-c3ccc(N4CCCCC4)nn3)c2)cc1. The number of benzene rings is 2. The second-order valence-corrected chi connectivity index (χ2v) is 8.47. The summed E-state index contributed by atoms with van der Waals surface area (Å²) in [4.78, 5) is 14.6. The second-order valence-electron chi connectivity index (χ2n) is 8.47. The van der Waals surface area contributed by atoms with E-state index in [1.54, 1.807) is 0 Å². The van der Waals surface area contributed by atoms with Crippen LogP contribution in [-0.2, 0) is 4.79 Å². The smallest absolute Gasteiger partial charge is 0.262 e. The Kier molecular flexibility index (Phi) is 7.00. The number of carbonyl (C=O) groups excluding carboxylic acids is 1. The Balaban J connectivity index is 1.34. The van der Waals surface area contributed by atoms with Crippen LogP contribution in [0.4, 0.5) is 11.5 Å². The zero-order chi connectivity index (χ0) is 22.3. The lowest BCUT2D eigenvalue weighted by Gasteiger charge is -2.27. The molecule has 0 radical (unpaired) electrons. The van der Waals surface area contributed by atoms with Crippen molar-refractivity contribution in [2.24, 2.45) is 0 Å². The van der Waals surface area contributed by atoms with E-state index in [4.69, 9.17) is 4.74 Å². The number of piperidine rings is 1. The molecule has 0 saturated carbocycles. The van der Waals surface area contributed by atoms with Crippen molar-refractivity contribution in [1.82, 2.24) is 10.2 Å². The van der Waals surface area contributed by atoms with Gasteiger partial charge in [0.15, 0.2) is 12.4 Å². The first-order valence-corrected chi connectivity index (χ1v) is 11.3. The number of aromatic nitrogens is 2. The van der Waals surface area contributed by atoms with Crippen LogP contribution >= 0.6 is 0 Å². The third kappa shape index (κ3) is 5.63. The monoisotopic (exact) mass is 430 g/mol. The molecule has 0 bridgehead atoms. The fourth-order valence-corrected chi connectivity index (χ4v) is 3.82. The molecule has 1 aliphatic rings. The minimum Gasteiger partial charge on any atom is -0.484 e. The number of rotatable bonds is 7. The summed E-state index contributed by atoms with van der Waals surface area (Å²) >= 11 is 0. The van der Waals surface area contributed by atoms with Crippen molar-refractivity contribution < 1.29 is 9.53 Å². The highest BCUT2D eigenvalue weighted by atomic mass is 16.5. The number of hydrogen-bond donors (Lipinski definition) is 1. The first-order chi connectivity index (χ1) is 15.6. The van der Waals surface area contributed by atoms with E-state index in [1.165, 1.54) is 24.8 Å². The number of nitrogens with one attached hydrogen (secondary N) is 1. The van der Waals surface area contributed by atoms with Gasteiger partial charge in [0.1, 0.15) is 5.75 Å². The molecular weight excluding hydrogens is 400 g/mol. The zero-order valence-corrected chi connectivity index (χ0v) is 18.8. The van der Waals surface area contributed by atoms with Gasteiger partial charge >= 0.3 is 0 Å².